The smallest absolute Gasteiger partial charge is 0.416 e. The second-order valence-electron chi connectivity index (χ2n) is 7.38. The molecule has 2 aromatic carbocycles. The van der Waals surface area contributed by atoms with Crippen molar-refractivity contribution in [2.75, 3.05) is 13.7 Å². The highest BCUT2D eigenvalue weighted by Gasteiger charge is 2.35. The first-order valence-corrected chi connectivity index (χ1v) is 10.00. The van der Waals surface area contributed by atoms with E-state index in [1.807, 2.05) is 0 Å². The van der Waals surface area contributed by atoms with Gasteiger partial charge in [-0.2, -0.15) is 13.2 Å². The predicted octanol–water partition coefficient (Wildman–Crippen LogP) is 3.60. The van der Waals surface area contributed by atoms with Gasteiger partial charge in [0.25, 0.3) is 0 Å². The summed E-state index contributed by atoms with van der Waals surface area (Å²) in [5.74, 6) is 0.318. The van der Waals surface area contributed by atoms with Crippen molar-refractivity contribution >= 4 is 12.3 Å². The lowest BCUT2D eigenvalue weighted by atomic mass is 9.99. The fraction of sp³-hybridized carbons (Fsp3) is 0.391. The Morgan fingerprint density at radius 2 is 1.81 bits per heavy atom. The summed E-state index contributed by atoms with van der Waals surface area (Å²) >= 11 is 0. The minimum Gasteiger partial charge on any atom is -0.494 e. The number of hydrogen-bond acceptors (Lipinski definition) is 6. The second kappa shape index (κ2) is 11.1. The van der Waals surface area contributed by atoms with Gasteiger partial charge in [-0.25, -0.2) is 0 Å². The number of benzene rings is 2. The van der Waals surface area contributed by atoms with Crippen LogP contribution >= 0.6 is 0 Å². The highest BCUT2D eigenvalue weighted by Crippen LogP contribution is 2.31. The molecule has 2 N–H and O–H groups in total. The molecule has 0 amide bonds. The van der Waals surface area contributed by atoms with E-state index in [1.54, 1.807) is 31.2 Å². The van der Waals surface area contributed by atoms with Crippen molar-refractivity contribution in [3.05, 3.63) is 65.2 Å². The van der Waals surface area contributed by atoms with Gasteiger partial charge in [0.05, 0.1) is 19.3 Å². The van der Waals surface area contributed by atoms with Crippen molar-refractivity contribution in [2.45, 2.75) is 44.1 Å². The number of rotatable bonds is 11. The van der Waals surface area contributed by atoms with Crippen LogP contribution in [0, 0.1) is 0 Å². The van der Waals surface area contributed by atoms with Crippen LogP contribution in [-0.4, -0.2) is 37.1 Å². The molecule has 2 rings (SSSR count). The average molecular weight is 453 g/mol. The van der Waals surface area contributed by atoms with Gasteiger partial charge in [-0.1, -0.05) is 24.3 Å². The van der Waals surface area contributed by atoms with Crippen molar-refractivity contribution < 1.29 is 37.3 Å². The lowest BCUT2D eigenvalue weighted by Crippen LogP contribution is -2.49. The van der Waals surface area contributed by atoms with Gasteiger partial charge >= 0.3 is 12.1 Å². The molecule has 174 valence electrons. The molecule has 32 heavy (non-hydrogen) atoms. The van der Waals surface area contributed by atoms with Crippen LogP contribution in [0.25, 0.3) is 0 Å². The summed E-state index contributed by atoms with van der Waals surface area (Å²) in [7, 11) is 1.33. The molecule has 9 heteroatoms. The van der Waals surface area contributed by atoms with Crippen LogP contribution in [0.5, 0.6) is 5.75 Å². The molecule has 0 heterocycles. The third-order valence-corrected chi connectivity index (χ3v) is 4.75. The molecule has 2 atom stereocenters. The maximum absolute atomic E-state index is 13.0. The van der Waals surface area contributed by atoms with E-state index in [-0.39, 0.29) is 24.2 Å². The van der Waals surface area contributed by atoms with Gasteiger partial charge in [0, 0.05) is 18.0 Å². The minimum atomic E-state index is -4.59. The molecule has 2 aromatic rings. The second-order valence-corrected chi connectivity index (χ2v) is 7.38. The standard InChI is InChI=1S/C23H26F3NO5/c1-16(13-17-8-10-20(11-9-17)32-12-4-7-21(29)31-2)27-22(30,15-28)18-5-3-6-19(14-18)23(24,25)26/h3,5-6,8-11,14-16,27,30H,4,7,12-13H2,1-2H3/t16-,22+/m1/s1. The monoisotopic (exact) mass is 453 g/mol. The lowest BCUT2D eigenvalue weighted by Gasteiger charge is -2.28. The Morgan fingerprint density at radius 3 is 2.41 bits per heavy atom. The molecule has 0 fully saturated rings. The summed E-state index contributed by atoms with van der Waals surface area (Å²) in [6.45, 7) is 2.06. The summed E-state index contributed by atoms with van der Waals surface area (Å²) in [4.78, 5) is 22.6. The highest BCUT2D eigenvalue weighted by molar-refractivity contribution is 5.69. The van der Waals surface area contributed by atoms with Gasteiger partial charge in [-0.05, 0) is 49.6 Å². The zero-order valence-electron chi connectivity index (χ0n) is 17.8. The molecule has 0 bridgehead atoms. The third kappa shape index (κ3) is 7.35. The van der Waals surface area contributed by atoms with Crippen molar-refractivity contribution in [1.29, 1.82) is 0 Å². The van der Waals surface area contributed by atoms with Gasteiger partial charge < -0.3 is 14.6 Å². The van der Waals surface area contributed by atoms with E-state index < -0.39 is 23.5 Å². The first-order chi connectivity index (χ1) is 15.1. The fourth-order valence-electron chi connectivity index (χ4n) is 3.13. The summed E-state index contributed by atoms with van der Waals surface area (Å²) in [6.07, 6.45) is -3.21. The van der Waals surface area contributed by atoms with Crippen molar-refractivity contribution in [3.63, 3.8) is 0 Å². The number of carbonyl (C=O) groups is 2. The number of esters is 1. The number of methoxy groups -OCH3 is 1. The molecule has 0 saturated heterocycles. The van der Waals surface area contributed by atoms with E-state index in [2.05, 4.69) is 10.1 Å². The van der Waals surface area contributed by atoms with E-state index >= 15 is 0 Å². The van der Waals surface area contributed by atoms with Gasteiger partial charge in [0.2, 0.25) is 0 Å². The number of alkyl halides is 3. The Balaban J connectivity index is 1.96. The summed E-state index contributed by atoms with van der Waals surface area (Å²) in [5.41, 5.74) is -2.54. The number of ether oxygens (including phenoxy) is 2. The number of hydrogen-bond donors (Lipinski definition) is 2. The molecule has 0 aliphatic rings. The van der Waals surface area contributed by atoms with E-state index in [0.717, 1.165) is 23.8 Å². The normalized spacial score (nSPS) is 14.3. The van der Waals surface area contributed by atoms with Crippen molar-refractivity contribution in [3.8, 4) is 5.75 Å². The van der Waals surface area contributed by atoms with Crippen molar-refractivity contribution in [1.82, 2.24) is 5.32 Å². The van der Waals surface area contributed by atoms with E-state index in [0.29, 0.717) is 25.2 Å². The number of halogens is 3. The Labute approximate surface area is 184 Å². The van der Waals surface area contributed by atoms with Crippen LogP contribution in [0.3, 0.4) is 0 Å². The Kier molecular flexibility index (Phi) is 8.80. The van der Waals surface area contributed by atoms with Gasteiger partial charge in [0.1, 0.15) is 5.75 Å². The number of aliphatic hydroxyl groups is 1. The zero-order chi connectivity index (χ0) is 23.8. The van der Waals surface area contributed by atoms with E-state index in [1.165, 1.54) is 13.2 Å². The number of carbonyl (C=O) groups excluding carboxylic acids is 2. The molecule has 0 radical (unpaired) electrons. The molecule has 0 saturated carbocycles. The van der Waals surface area contributed by atoms with Crippen LogP contribution in [0.15, 0.2) is 48.5 Å². The average Bonchev–Trinajstić information content (AvgIpc) is 2.77. The van der Waals surface area contributed by atoms with Gasteiger partial charge in [-0.3, -0.25) is 14.9 Å². The topological polar surface area (TPSA) is 84.9 Å². The largest absolute Gasteiger partial charge is 0.494 e. The number of aldehydes is 1. The van der Waals surface area contributed by atoms with Crippen LogP contribution in [0.2, 0.25) is 0 Å². The summed E-state index contributed by atoms with van der Waals surface area (Å²) in [5, 5.41) is 13.4. The molecule has 0 aliphatic heterocycles. The van der Waals surface area contributed by atoms with Crippen LogP contribution in [-0.2, 0) is 32.6 Å². The molecule has 0 unspecified atom stereocenters. The molecule has 0 spiro atoms. The SMILES string of the molecule is COC(=O)CCCOc1ccc(C[C@@H](C)N[C@](O)(C=O)c2cccc(C(F)(F)F)c2)cc1. The fourth-order valence-corrected chi connectivity index (χ4v) is 3.13. The quantitative estimate of drug-likeness (QED) is 0.234. The maximum Gasteiger partial charge on any atom is 0.416 e. The Hall–Kier alpha value is -2.91. The summed E-state index contributed by atoms with van der Waals surface area (Å²) < 4.78 is 49.0. The predicted molar refractivity (Wildman–Crippen MR) is 111 cm³/mol. The number of nitrogens with one attached hydrogen (secondary N) is 1. The first kappa shape index (κ1) is 25.4. The zero-order valence-corrected chi connectivity index (χ0v) is 17.8. The van der Waals surface area contributed by atoms with Gasteiger partial charge in [0.15, 0.2) is 12.0 Å². The molecular weight excluding hydrogens is 427 g/mol. The summed E-state index contributed by atoms with van der Waals surface area (Å²) in [6, 6.07) is 10.7. The van der Waals surface area contributed by atoms with E-state index in [9.17, 15) is 27.9 Å². The Morgan fingerprint density at radius 1 is 1.16 bits per heavy atom. The third-order valence-electron chi connectivity index (χ3n) is 4.75. The van der Waals surface area contributed by atoms with Gasteiger partial charge in [-0.15, -0.1) is 0 Å². The van der Waals surface area contributed by atoms with Crippen molar-refractivity contribution in [2.24, 2.45) is 0 Å². The van der Waals surface area contributed by atoms with Crippen LogP contribution in [0.4, 0.5) is 13.2 Å². The molecule has 6 nitrogen and oxygen atoms in total. The molecule has 0 aliphatic carbocycles. The molecular formula is C23H26F3NO5. The maximum atomic E-state index is 13.0. The minimum absolute atomic E-state index is 0.185. The Bertz CT molecular complexity index is 901. The lowest BCUT2D eigenvalue weighted by molar-refractivity contribution is -0.141. The van der Waals surface area contributed by atoms with Crippen LogP contribution in [0.1, 0.15) is 36.5 Å². The highest BCUT2D eigenvalue weighted by atomic mass is 19.4. The van der Waals surface area contributed by atoms with Crippen LogP contribution < -0.4 is 10.1 Å². The first-order valence-electron chi connectivity index (χ1n) is 10.00. The molecule has 0 aromatic heterocycles. The van der Waals surface area contributed by atoms with E-state index in [4.69, 9.17) is 4.74 Å².